The Morgan fingerprint density at radius 1 is 1.17 bits per heavy atom. The van der Waals surface area contributed by atoms with E-state index in [2.05, 4.69) is 9.71 Å². The smallest absolute Gasteiger partial charge is 0.303 e. The molecule has 3 aromatic rings. The molecule has 0 spiro atoms. The Hall–Kier alpha value is -2.71. The third-order valence-electron chi connectivity index (χ3n) is 5.43. The molecule has 8 heteroatoms. The molecular formula is C21H21FN2O4S. The number of carbonyl (C=O) groups is 1. The number of carboxylic acids is 1. The Morgan fingerprint density at radius 2 is 1.90 bits per heavy atom. The molecule has 1 aliphatic carbocycles. The van der Waals surface area contributed by atoms with Crippen molar-refractivity contribution in [2.24, 2.45) is 0 Å². The van der Waals surface area contributed by atoms with Crippen molar-refractivity contribution in [2.45, 2.75) is 42.5 Å². The van der Waals surface area contributed by atoms with E-state index in [4.69, 9.17) is 5.11 Å². The van der Waals surface area contributed by atoms with Gasteiger partial charge in [-0.1, -0.05) is 18.2 Å². The zero-order chi connectivity index (χ0) is 20.6. The Balaban J connectivity index is 1.65. The van der Waals surface area contributed by atoms with Gasteiger partial charge in [-0.05, 0) is 55.2 Å². The Labute approximate surface area is 167 Å². The molecule has 0 saturated heterocycles. The highest BCUT2D eigenvalue weighted by Crippen LogP contribution is 2.38. The number of fused-ring (bicyclic) bond motifs is 3. The molecule has 2 atom stereocenters. The van der Waals surface area contributed by atoms with Crippen LogP contribution in [0.25, 0.3) is 10.9 Å². The average molecular weight is 416 g/mol. The summed E-state index contributed by atoms with van der Waals surface area (Å²) in [7, 11) is -3.81. The molecule has 6 nitrogen and oxygen atoms in total. The summed E-state index contributed by atoms with van der Waals surface area (Å²) in [6.45, 7) is 0. The molecule has 29 heavy (non-hydrogen) atoms. The standard InChI is InChI=1S/C21H21FN2O4S/c22-14-6-8-16(9-7-14)29(27,28)24-15-11-13(5-10-20(25)26)21-18(12-15)17-3-1-2-4-19(17)23-21/h1-4,6-9,13,15,23-24H,5,10-12H2,(H,25,26)/t13-,15?/m1/s1. The summed E-state index contributed by atoms with van der Waals surface area (Å²) in [5, 5.41) is 10.1. The van der Waals surface area contributed by atoms with Crippen molar-refractivity contribution in [1.82, 2.24) is 9.71 Å². The second-order valence-electron chi connectivity index (χ2n) is 7.40. The number of rotatable bonds is 6. The molecule has 1 heterocycles. The normalized spacial score (nSPS) is 19.2. The number of aromatic amines is 1. The lowest BCUT2D eigenvalue weighted by Crippen LogP contribution is -2.40. The van der Waals surface area contributed by atoms with Crippen LogP contribution in [0.15, 0.2) is 53.4 Å². The lowest BCUT2D eigenvalue weighted by molar-refractivity contribution is -0.137. The van der Waals surface area contributed by atoms with Crippen molar-refractivity contribution in [3.05, 3.63) is 65.6 Å². The number of carboxylic acid groups (broad SMARTS) is 1. The van der Waals surface area contributed by atoms with Crippen LogP contribution in [0.4, 0.5) is 4.39 Å². The topological polar surface area (TPSA) is 99.3 Å². The molecule has 1 aromatic heterocycles. The van der Waals surface area contributed by atoms with Crippen LogP contribution in [0.2, 0.25) is 0 Å². The SMILES string of the molecule is O=C(O)CC[C@@H]1CC(NS(=O)(=O)c2ccc(F)cc2)Cc2c1[nH]c1ccccc21. The lowest BCUT2D eigenvalue weighted by Gasteiger charge is -2.30. The van der Waals surface area contributed by atoms with Crippen LogP contribution in [0.5, 0.6) is 0 Å². The minimum atomic E-state index is -3.81. The van der Waals surface area contributed by atoms with Crippen LogP contribution in [0.1, 0.15) is 36.4 Å². The van der Waals surface area contributed by atoms with E-state index in [1.165, 1.54) is 12.1 Å². The van der Waals surface area contributed by atoms with Crippen molar-refractivity contribution in [2.75, 3.05) is 0 Å². The van der Waals surface area contributed by atoms with Gasteiger partial charge in [0, 0.05) is 35.0 Å². The molecule has 0 radical (unpaired) electrons. The highest BCUT2D eigenvalue weighted by Gasteiger charge is 2.32. The summed E-state index contributed by atoms with van der Waals surface area (Å²) in [5.41, 5.74) is 2.97. The molecule has 152 valence electrons. The van der Waals surface area contributed by atoms with Crippen LogP contribution >= 0.6 is 0 Å². The predicted molar refractivity (Wildman–Crippen MR) is 107 cm³/mol. The number of hydrogen-bond acceptors (Lipinski definition) is 3. The van der Waals surface area contributed by atoms with Crippen LogP contribution in [-0.4, -0.2) is 30.5 Å². The maximum absolute atomic E-state index is 13.1. The largest absolute Gasteiger partial charge is 0.481 e. The molecule has 0 amide bonds. The van der Waals surface area contributed by atoms with Gasteiger partial charge < -0.3 is 10.1 Å². The lowest BCUT2D eigenvalue weighted by atomic mass is 9.81. The summed E-state index contributed by atoms with van der Waals surface area (Å²) in [6, 6.07) is 12.1. The van der Waals surface area contributed by atoms with E-state index in [1.807, 2.05) is 24.3 Å². The fourth-order valence-corrected chi connectivity index (χ4v) is 5.38. The maximum atomic E-state index is 13.1. The number of para-hydroxylation sites is 1. The zero-order valence-corrected chi connectivity index (χ0v) is 16.4. The van der Waals surface area contributed by atoms with Crippen molar-refractivity contribution in [3.63, 3.8) is 0 Å². The number of hydrogen-bond donors (Lipinski definition) is 3. The molecule has 1 aliphatic rings. The first-order valence-corrected chi connectivity index (χ1v) is 10.9. The van der Waals surface area contributed by atoms with E-state index in [0.29, 0.717) is 19.3 Å². The van der Waals surface area contributed by atoms with Gasteiger partial charge in [0.15, 0.2) is 0 Å². The van der Waals surface area contributed by atoms with Crippen molar-refractivity contribution < 1.29 is 22.7 Å². The van der Waals surface area contributed by atoms with Crippen molar-refractivity contribution >= 4 is 26.9 Å². The van der Waals surface area contributed by atoms with Gasteiger partial charge in [0.1, 0.15) is 5.82 Å². The summed E-state index contributed by atoms with van der Waals surface area (Å²) in [6.07, 6.45) is 1.43. The van der Waals surface area contributed by atoms with E-state index >= 15 is 0 Å². The Kier molecular flexibility index (Phi) is 5.14. The predicted octanol–water partition coefficient (Wildman–Crippen LogP) is 3.55. The first kappa shape index (κ1) is 19.6. The van der Waals surface area contributed by atoms with Gasteiger partial charge in [0.25, 0.3) is 0 Å². The maximum Gasteiger partial charge on any atom is 0.303 e. The first-order valence-electron chi connectivity index (χ1n) is 9.42. The van der Waals surface area contributed by atoms with Gasteiger partial charge in [-0.25, -0.2) is 17.5 Å². The van der Waals surface area contributed by atoms with Crippen molar-refractivity contribution in [3.8, 4) is 0 Å². The van der Waals surface area contributed by atoms with E-state index in [1.54, 1.807) is 0 Å². The molecular weight excluding hydrogens is 395 g/mol. The number of benzene rings is 2. The Morgan fingerprint density at radius 3 is 2.62 bits per heavy atom. The van der Waals surface area contributed by atoms with E-state index in [-0.39, 0.29) is 23.3 Å². The van der Waals surface area contributed by atoms with Crippen LogP contribution in [0, 0.1) is 5.82 Å². The molecule has 3 N–H and O–H groups in total. The average Bonchev–Trinajstić information content (AvgIpc) is 3.05. The highest BCUT2D eigenvalue weighted by molar-refractivity contribution is 7.89. The summed E-state index contributed by atoms with van der Waals surface area (Å²) in [5.74, 6) is -1.47. The van der Waals surface area contributed by atoms with Crippen molar-refractivity contribution in [1.29, 1.82) is 0 Å². The quantitative estimate of drug-likeness (QED) is 0.572. The van der Waals surface area contributed by atoms with Gasteiger partial charge in [0.2, 0.25) is 10.0 Å². The number of halogens is 1. The third kappa shape index (κ3) is 4.04. The summed E-state index contributed by atoms with van der Waals surface area (Å²) in [4.78, 5) is 14.5. The third-order valence-corrected chi connectivity index (χ3v) is 6.96. The Bertz CT molecular complexity index is 1160. The number of H-pyrrole nitrogens is 1. The molecule has 0 aliphatic heterocycles. The van der Waals surface area contributed by atoms with Crippen LogP contribution in [0.3, 0.4) is 0 Å². The fourth-order valence-electron chi connectivity index (χ4n) is 4.13. The number of aliphatic carboxylic acids is 1. The van der Waals surface area contributed by atoms with E-state index in [9.17, 15) is 17.6 Å². The van der Waals surface area contributed by atoms with E-state index < -0.39 is 21.8 Å². The molecule has 0 saturated carbocycles. The molecule has 0 fully saturated rings. The van der Waals surface area contributed by atoms with Gasteiger partial charge >= 0.3 is 5.97 Å². The van der Waals surface area contributed by atoms with Crippen LogP contribution < -0.4 is 4.72 Å². The second-order valence-corrected chi connectivity index (χ2v) is 9.12. The fraction of sp³-hybridized carbons (Fsp3) is 0.286. The molecule has 4 rings (SSSR count). The van der Waals surface area contributed by atoms with Gasteiger partial charge in [-0.3, -0.25) is 4.79 Å². The first-order chi connectivity index (χ1) is 13.8. The number of aromatic nitrogens is 1. The van der Waals surface area contributed by atoms with E-state index in [0.717, 1.165) is 34.3 Å². The zero-order valence-electron chi connectivity index (χ0n) is 15.6. The summed E-state index contributed by atoms with van der Waals surface area (Å²) >= 11 is 0. The summed E-state index contributed by atoms with van der Waals surface area (Å²) < 4.78 is 41.4. The minimum Gasteiger partial charge on any atom is -0.481 e. The van der Waals surface area contributed by atoms with Gasteiger partial charge in [-0.2, -0.15) is 0 Å². The van der Waals surface area contributed by atoms with Crippen LogP contribution in [-0.2, 0) is 21.2 Å². The molecule has 2 aromatic carbocycles. The van der Waals surface area contributed by atoms with Gasteiger partial charge in [-0.15, -0.1) is 0 Å². The number of sulfonamides is 1. The molecule has 1 unspecified atom stereocenters. The minimum absolute atomic E-state index is 0.00529. The molecule has 0 bridgehead atoms. The monoisotopic (exact) mass is 416 g/mol. The van der Waals surface area contributed by atoms with Gasteiger partial charge in [0.05, 0.1) is 4.90 Å². The second kappa shape index (κ2) is 7.61. The highest BCUT2D eigenvalue weighted by atomic mass is 32.2. The number of nitrogens with one attached hydrogen (secondary N) is 2.